The molecule has 0 amide bonds. The molecule has 0 saturated heterocycles. The first-order chi connectivity index (χ1) is 9.75. The van der Waals surface area contributed by atoms with Gasteiger partial charge in [-0.2, -0.15) is 0 Å². The number of ether oxygens (including phenoxy) is 1. The van der Waals surface area contributed by atoms with E-state index in [1.54, 1.807) is 6.20 Å². The van der Waals surface area contributed by atoms with E-state index in [1.807, 2.05) is 24.3 Å². The van der Waals surface area contributed by atoms with Gasteiger partial charge in [-0.3, -0.25) is 4.98 Å². The van der Waals surface area contributed by atoms with Crippen LogP contribution in [0.1, 0.15) is 36.1 Å². The number of hydrogen-bond acceptors (Lipinski definition) is 3. The molecule has 1 aromatic heterocycles. The molecule has 3 nitrogen and oxygen atoms in total. The number of halogens is 1. The van der Waals surface area contributed by atoms with Crippen LogP contribution in [0, 0.1) is 0 Å². The van der Waals surface area contributed by atoms with E-state index in [0.717, 1.165) is 35.4 Å². The second-order valence-corrected chi connectivity index (χ2v) is 5.94. The standard InChI is InChI=1S/C16H17BrN2O/c17-13-5-3-8-19-16(13)14(18)10-11-7-9-20-15-6-2-1-4-12(11)15/h1-6,8,11,14H,7,9-10,18H2. The van der Waals surface area contributed by atoms with Crippen molar-refractivity contribution in [3.05, 3.63) is 58.3 Å². The molecule has 104 valence electrons. The Bertz CT molecular complexity index is 603. The molecule has 0 fully saturated rings. The molecule has 1 aliphatic rings. The number of rotatable bonds is 3. The average molecular weight is 333 g/mol. The van der Waals surface area contributed by atoms with Gasteiger partial charge in [-0.05, 0) is 58.5 Å². The monoisotopic (exact) mass is 332 g/mol. The number of hydrogen-bond donors (Lipinski definition) is 1. The molecule has 0 saturated carbocycles. The minimum absolute atomic E-state index is 0.0678. The van der Waals surface area contributed by atoms with Gasteiger partial charge in [0.1, 0.15) is 5.75 Å². The highest BCUT2D eigenvalue weighted by Crippen LogP contribution is 2.38. The maximum absolute atomic E-state index is 6.35. The van der Waals surface area contributed by atoms with Crippen LogP contribution < -0.4 is 10.5 Å². The summed E-state index contributed by atoms with van der Waals surface area (Å²) in [5, 5.41) is 0. The first-order valence-electron chi connectivity index (χ1n) is 6.83. The summed E-state index contributed by atoms with van der Waals surface area (Å²) in [7, 11) is 0. The van der Waals surface area contributed by atoms with Gasteiger partial charge in [0.15, 0.2) is 0 Å². The smallest absolute Gasteiger partial charge is 0.122 e. The minimum atomic E-state index is -0.0678. The van der Waals surface area contributed by atoms with Crippen LogP contribution in [0.2, 0.25) is 0 Å². The van der Waals surface area contributed by atoms with Gasteiger partial charge in [0.25, 0.3) is 0 Å². The van der Waals surface area contributed by atoms with E-state index < -0.39 is 0 Å². The highest BCUT2D eigenvalue weighted by Gasteiger charge is 2.24. The summed E-state index contributed by atoms with van der Waals surface area (Å²) in [4.78, 5) is 4.40. The van der Waals surface area contributed by atoms with Crippen molar-refractivity contribution in [2.75, 3.05) is 6.61 Å². The number of pyridine rings is 1. The summed E-state index contributed by atoms with van der Waals surface area (Å²) in [6.07, 6.45) is 3.68. The largest absolute Gasteiger partial charge is 0.493 e. The van der Waals surface area contributed by atoms with Crippen LogP contribution in [0.4, 0.5) is 0 Å². The lowest BCUT2D eigenvalue weighted by atomic mass is 9.87. The summed E-state index contributed by atoms with van der Waals surface area (Å²) >= 11 is 3.53. The Labute approximate surface area is 127 Å². The second kappa shape index (κ2) is 5.94. The third kappa shape index (κ3) is 2.72. The van der Waals surface area contributed by atoms with Crippen molar-refractivity contribution in [3.8, 4) is 5.75 Å². The Morgan fingerprint density at radius 1 is 1.30 bits per heavy atom. The molecular formula is C16H17BrN2O. The maximum atomic E-state index is 6.35. The van der Waals surface area contributed by atoms with Crippen LogP contribution in [0.25, 0.3) is 0 Å². The SMILES string of the molecule is NC(CC1CCOc2ccccc21)c1ncccc1Br. The molecular weight excluding hydrogens is 316 g/mol. The molecule has 3 rings (SSSR count). The molecule has 0 aliphatic carbocycles. The van der Waals surface area contributed by atoms with Crippen molar-refractivity contribution in [3.63, 3.8) is 0 Å². The summed E-state index contributed by atoms with van der Waals surface area (Å²) in [5.41, 5.74) is 8.54. The molecule has 2 atom stereocenters. The number of fused-ring (bicyclic) bond motifs is 1. The number of aromatic nitrogens is 1. The van der Waals surface area contributed by atoms with Gasteiger partial charge in [-0.1, -0.05) is 18.2 Å². The topological polar surface area (TPSA) is 48.1 Å². The maximum Gasteiger partial charge on any atom is 0.122 e. The summed E-state index contributed by atoms with van der Waals surface area (Å²) in [6, 6.07) is 12.1. The molecule has 2 N–H and O–H groups in total. The average Bonchev–Trinajstić information content (AvgIpc) is 2.48. The third-order valence-corrected chi connectivity index (χ3v) is 4.43. The minimum Gasteiger partial charge on any atom is -0.493 e. The van der Waals surface area contributed by atoms with Crippen LogP contribution in [0.15, 0.2) is 47.1 Å². The summed E-state index contributed by atoms with van der Waals surface area (Å²) in [6.45, 7) is 0.762. The summed E-state index contributed by atoms with van der Waals surface area (Å²) < 4.78 is 6.68. The Balaban J connectivity index is 1.81. The molecule has 0 spiro atoms. The third-order valence-electron chi connectivity index (χ3n) is 3.76. The molecule has 2 aromatic rings. The van der Waals surface area contributed by atoms with Gasteiger partial charge < -0.3 is 10.5 Å². The predicted molar refractivity (Wildman–Crippen MR) is 82.8 cm³/mol. The van der Waals surface area contributed by atoms with Gasteiger partial charge in [-0.15, -0.1) is 0 Å². The van der Waals surface area contributed by atoms with Crippen LogP contribution in [0.5, 0.6) is 5.75 Å². The second-order valence-electron chi connectivity index (χ2n) is 5.08. The van der Waals surface area contributed by atoms with Gasteiger partial charge in [-0.25, -0.2) is 0 Å². The molecule has 20 heavy (non-hydrogen) atoms. The molecule has 2 heterocycles. The van der Waals surface area contributed by atoms with E-state index in [0.29, 0.717) is 5.92 Å². The molecule has 0 radical (unpaired) electrons. The first-order valence-corrected chi connectivity index (χ1v) is 7.62. The van der Waals surface area contributed by atoms with Crippen molar-refractivity contribution < 1.29 is 4.74 Å². The Kier molecular flexibility index (Phi) is 4.03. The van der Waals surface area contributed by atoms with Crippen molar-refractivity contribution in [2.24, 2.45) is 5.73 Å². The highest BCUT2D eigenvalue weighted by molar-refractivity contribution is 9.10. The van der Waals surface area contributed by atoms with E-state index in [1.165, 1.54) is 5.56 Å². The van der Waals surface area contributed by atoms with E-state index >= 15 is 0 Å². The van der Waals surface area contributed by atoms with Gasteiger partial charge in [0.05, 0.1) is 12.3 Å². The number of nitrogens with two attached hydrogens (primary N) is 1. The van der Waals surface area contributed by atoms with Gasteiger partial charge in [0, 0.05) is 16.7 Å². The lowest BCUT2D eigenvalue weighted by Gasteiger charge is -2.27. The molecule has 1 aliphatic heterocycles. The quantitative estimate of drug-likeness (QED) is 0.929. The first kappa shape index (κ1) is 13.6. The predicted octanol–water partition coefficient (Wildman–Crippen LogP) is 3.80. The molecule has 0 bridgehead atoms. The van der Waals surface area contributed by atoms with Crippen molar-refractivity contribution >= 4 is 15.9 Å². The lowest BCUT2D eigenvalue weighted by Crippen LogP contribution is -2.21. The van der Waals surface area contributed by atoms with Crippen LogP contribution in [-0.4, -0.2) is 11.6 Å². The van der Waals surface area contributed by atoms with Gasteiger partial charge in [0.2, 0.25) is 0 Å². The van der Waals surface area contributed by atoms with Gasteiger partial charge >= 0.3 is 0 Å². The molecule has 4 heteroatoms. The Morgan fingerprint density at radius 3 is 3.00 bits per heavy atom. The number of nitrogens with zero attached hydrogens (tertiary/aromatic N) is 1. The van der Waals surface area contributed by atoms with Crippen LogP contribution in [0.3, 0.4) is 0 Å². The van der Waals surface area contributed by atoms with Crippen LogP contribution >= 0.6 is 15.9 Å². The fourth-order valence-electron chi connectivity index (χ4n) is 2.75. The Hall–Kier alpha value is -1.39. The van der Waals surface area contributed by atoms with Crippen molar-refractivity contribution in [2.45, 2.75) is 24.8 Å². The zero-order valence-corrected chi connectivity index (χ0v) is 12.7. The van der Waals surface area contributed by atoms with Crippen molar-refractivity contribution in [1.82, 2.24) is 4.98 Å². The highest BCUT2D eigenvalue weighted by atomic mass is 79.9. The summed E-state index contributed by atoms with van der Waals surface area (Å²) in [5.74, 6) is 1.43. The normalized spacial score (nSPS) is 19.0. The van der Waals surface area contributed by atoms with Crippen molar-refractivity contribution in [1.29, 1.82) is 0 Å². The molecule has 2 unspecified atom stereocenters. The lowest BCUT2D eigenvalue weighted by molar-refractivity contribution is 0.259. The Morgan fingerprint density at radius 2 is 2.15 bits per heavy atom. The zero-order chi connectivity index (χ0) is 13.9. The number of benzene rings is 1. The molecule has 1 aromatic carbocycles. The van der Waals surface area contributed by atoms with E-state index in [-0.39, 0.29) is 6.04 Å². The van der Waals surface area contributed by atoms with E-state index in [2.05, 4.69) is 33.0 Å². The van der Waals surface area contributed by atoms with E-state index in [9.17, 15) is 0 Å². The zero-order valence-electron chi connectivity index (χ0n) is 11.1. The fourth-order valence-corrected chi connectivity index (χ4v) is 3.30. The fraction of sp³-hybridized carbons (Fsp3) is 0.312. The van der Waals surface area contributed by atoms with Crippen LogP contribution in [-0.2, 0) is 0 Å². The number of para-hydroxylation sites is 1. The van der Waals surface area contributed by atoms with E-state index in [4.69, 9.17) is 10.5 Å².